The van der Waals surface area contributed by atoms with E-state index >= 15 is 0 Å². The van der Waals surface area contributed by atoms with Crippen LogP contribution in [0.15, 0.2) is 48.5 Å². The zero-order chi connectivity index (χ0) is 22.4. The zero-order valence-electron chi connectivity index (χ0n) is 17.8. The molecule has 0 radical (unpaired) electrons. The number of ether oxygens (including phenoxy) is 1. The average Bonchev–Trinajstić information content (AvgIpc) is 3.09. The van der Waals surface area contributed by atoms with Crippen LogP contribution in [0.4, 0.5) is 4.79 Å². The number of nitrogens with one attached hydrogen (secondary N) is 2. The summed E-state index contributed by atoms with van der Waals surface area (Å²) in [5.74, 6) is -1.85. The molecule has 0 spiro atoms. The maximum Gasteiger partial charge on any atom is 0.407 e. The third kappa shape index (κ3) is 5.23. The lowest BCUT2D eigenvalue weighted by molar-refractivity contribution is -0.141. The van der Waals surface area contributed by atoms with E-state index in [-0.39, 0.29) is 25.0 Å². The highest BCUT2D eigenvalue weighted by Crippen LogP contribution is 2.44. The summed E-state index contributed by atoms with van der Waals surface area (Å²) in [4.78, 5) is 35.6. The SMILES string of the molecule is CCC(NC(=O)OCC1c2ccccc2-c2ccccc21)C(=O)NCCC(C)C(=O)O. The molecule has 3 N–H and O–H groups in total. The van der Waals surface area contributed by atoms with Crippen LogP contribution in [0, 0.1) is 5.92 Å². The maximum absolute atomic E-state index is 12.4. The standard InChI is InChI=1S/C24H28N2O5/c1-3-21(22(27)25-13-12-15(2)23(28)29)26-24(30)31-14-20-18-10-6-4-8-16(18)17-9-5-7-11-19(17)20/h4-11,15,20-21H,3,12-14H2,1-2H3,(H,25,27)(H,26,30)(H,28,29). The van der Waals surface area contributed by atoms with Crippen LogP contribution < -0.4 is 10.6 Å². The molecule has 2 amide bonds. The number of carboxylic acids is 1. The van der Waals surface area contributed by atoms with E-state index in [1.807, 2.05) is 36.4 Å². The molecule has 3 rings (SSSR count). The molecule has 0 heterocycles. The van der Waals surface area contributed by atoms with Crippen LogP contribution in [-0.4, -0.2) is 42.3 Å². The van der Waals surface area contributed by atoms with Gasteiger partial charge in [0.2, 0.25) is 5.91 Å². The zero-order valence-corrected chi connectivity index (χ0v) is 17.8. The summed E-state index contributed by atoms with van der Waals surface area (Å²) in [6.07, 6.45) is 0.0650. The minimum atomic E-state index is -0.905. The molecule has 0 saturated heterocycles. The Labute approximate surface area is 181 Å². The van der Waals surface area contributed by atoms with E-state index in [0.29, 0.717) is 12.8 Å². The Morgan fingerprint density at radius 2 is 1.61 bits per heavy atom. The summed E-state index contributed by atoms with van der Waals surface area (Å²) >= 11 is 0. The summed E-state index contributed by atoms with van der Waals surface area (Å²) in [5, 5.41) is 14.2. The van der Waals surface area contributed by atoms with E-state index in [0.717, 1.165) is 22.3 Å². The van der Waals surface area contributed by atoms with Crippen molar-refractivity contribution in [2.24, 2.45) is 5.92 Å². The number of hydrogen-bond acceptors (Lipinski definition) is 4. The lowest BCUT2D eigenvalue weighted by Crippen LogP contribution is -2.47. The topological polar surface area (TPSA) is 105 Å². The predicted octanol–water partition coefficient (Wildman–Crippen LogP) is 3.53. The summed E-state index contributed by atoms with van der Waals surface area (Å²) in [6.45, 7) is 3.78. The Morgan fingerprint density at radius 1 is 1.03 bits per heavy atom. The van der Waals surface area contributed by atoms with Gasteiger partial charge in [0.1, 0.15) is 12.6 Å². The summed E-state index contributed by atoms with van der Waals surface area (Å²) in [5.41, 5.74) is 4.53. The van der Waals surface area contributed by atoms with Crippen LogP contribution in [0.2, 0.25) is 0 Å². The number of hydrogen-bond donors (Lipinski definition) is 3. The van der Waals surface area contributed by atoms with Crippen molar-refractivity contribution in [2.75, 3.05) is 13.2 Å². The second-order valence-electron chi connectivity index (χ2n) is 7.75. The molecule has 7 heteroatoms. The van der Waals surface area contributed by atoms with Gasteiger partial charge in [0.15, 0.2) is 0 Å². The molecule has 2 unspecified atom stereocenters. The Morgan fingerprint density at radius 3 is 2.16 bits per heavy atom. The van der Waals surface area contributed by atoms with Crippen molar-refractivity contribution in [2.45, 2.75) is 38.6 Å². The van der Waals surface area contributed by atoms with Crippen molar-refractivity contribution in [3.05, 3.63) is 59.7 Å². The van der Waals surface area contributed by atoms with Crippen LogP contribution in [0.1, 0.15) is 43.7 Å². The molecule has 7 nitrogen and oxygen atoms in total. The van der Waals surface area contributed by atoms with Crippen molar-refractivity contribution in [3.63, 3.8) is 0 Å². The van der Waals surface area contributed by atoms with Crippen molar-refractivity contribution in [3.8, 4) is 11.1 Å². The monoisotopic (exact) mass is 424 g/mol. The smallest absolute Gasteiger partial charge is 0.407 e. The third-order valence-corrected chi connectivity index (χ3v) is 5.66. The lowest BCUT2D eigenvalue weighted by atomic mass is 9.98. The van der Waals surface area contributed by atoms with Crippen molar-refractivity contribution >= 4 is 18.0 Å². The molecule has 0 aliphatic heterocycles. The molecule has 0 saturated carbocycles. The van der Waals surface area contributed by atoms with Gasteiger partial charge in [-0.3, -0.25) is 9.59 Å². The van der Waals surface area contributed by atoms with E-state index < -0.39 is 24.0 Å². The van der Waals surface area contributed by atoms with Crippen LogP contribution in [0.25, 0.3) is 11.1 Å². The number of benzene rings is 2. The fourth-order valence-electron chi connectivity index (χ4n) is 3.79. The molecule has 1 aliphatic rings. The first-order valence-corrected chi connectivity index (χ1v) is 10.5. The molecule has 0 aromatic heterocycles. The molecule has 0 bridgehead atoms. The molecular formula is C24H28N2O5. The van der Waals surface area contributed by atoms with Gasteiger partial charge in [0, 0.05) is 12.5 Å². The minimum absolute atomic E-state index is 0.0513. The number of carboxylic acid groups (broad SMARTS) is 1. The van der Waals surface area contributed by atoms with Crippen molar-refractivity contribution in [1.82, 2.24) is 10.6 Å². The first-order chi connectivity index (χ1) is 14.9. The molecular weight excluding hydrogens is 396 g/mol. The highest BCUT2D eigenvalue weighted by Gasteiger charge is 2.29. The minimum Gasteiger partial charge on any atom is -0.481 e. The van der Waals surface area contributed by atoms with E-state index in [9.17, 15) is 14.4 Å². The lowest BCUT2D eigenvalue weighted by Gasteiger charge is -2.19. The van der Waals surface area contributed by atoms with Gasteiger partial charge in [-0.15, -0.1) is 0 Å². The number of fused-ring (bicyclic) bond motifs is 3. The van der Waals surface area contributed by atoms with E-state index in [1.54, 1.807) is 13.8 Å². The Kier molecular flexibility index (Phi) is 7.28. The van der Waals surface area contributed by atoms with Gasteiger partial charge >= 0.3 is 12.1 Å². The molecule has 2 aromatic rings. The number of amides is 2. The first-order valence-electron chi connectivity index (χ1n) is 10.5. The second kappa shape index (κ2) is 10.1. The molecule has 2 atom stereocenters. The maximum atomic E-state index is 12.4. The second-order valence-corrected chi connectivity index (χ2v) is 7.75. The number of carbonyl (C=O) groups is 3. The number of aliphatic carboxylic acids is 1. The normalized spacial score (nSPS) is 14.1. The van der Waals surface area contributed by atoms with Gasteiger partial charge in [0.05, 0.1) is 5.92 Å². The number of carbonyl (C=O) groups excluding carboxylic acids is 2. The Balaban J connectivity index is 1.54. The number of rotatable bonds is 9. The van der Waals surface area contributed by atoms with Gasteiger partial charge in [0.25, 0.3) is 0 Å². The molecule has 31 heavy (non-hydrogen) atoms. The third-order valence-electron chi connectivity index (χ3n) is 5.66. The van der Waals surface area contributed by atoms with E-state index in [4.69, 9.17) is 9.84 Å². The van der Waals surface area contributed by atoms with Crippen LogP contribution in [0.5, 0.6) is 0 Å². The molecule has 2 aromatic carbocycles. The highest BCUT2D eigenvalue weighted by molar-refractivity contribution is 5.85. The first kappa shape index (κ1) is 22.3. The average molecular weight is 424 g/mol. The Hall–Kier alpha value is -3.35. The van der Waals surface area contributed by atoms with Gasteiger partial charge in [-0.2, -0.15) is 0 Å². The predicted molar refractivity (Wildman–Crippen MR) is 117 cm³/mol. The van der Waals surface area contributed by atoms with Crippen molar-refractivity contribution < 1.29 is 24.2 Å². The van der Waals surface area contributed by atoms with Gasteiger partial charge in [-0.1, -0.05) is 62.4 Å². The summed E-state index contributed by atoms with van der Waals surface area (Å²) in [6, 6.07) is 15.4. The van der Waals surface area contributed by atoms with Crippen LogP contribution >= 0.6 is 0 Å². The molecule has 164 valence electrons. The quantitative estimate of drug-likeness (QED) is 0.571. The highest BCUT2D eigenvalue weighted by atomic mass is 16.5. The van der Waals surface area contributed by atoms with Gasteiger partial charge in [-0.25, -0.2) is 4.79 Å². The number of alkyl carbamates (subject to hydrolysis) is 1. The fourth-order valence-corrected chi connectivity index (χ4v) is 3.79. The van der Waals surface area contributed by atoms with E-state index in [1.165, 1.54) is 0 Å². The summed E-state index contributed by atoms with van der Waals surface area (Å²) in [7, 11) is 0. The fraction of sp³-hybridized carbons (Fsp3) is 0.375. The summed E-state index contributed by atoms with van der Waals surface area (Å²) < 4.78 is 5.49. The Bertz CT molecular complexity index is 913. The van der Waals surface area contributed by atoms with Gasteiger partial charge < -0.3 is 20.5 Å². The molecule has 1 aliphatic carbocycles. The largest absolute Gasteiger partial charge is 0.481 e. The van der Waals surface area contributed by atoms with Gasteiger partial charge in [-0.05, 0) is 35.1 Å². The molecule has 0 fully saturated rings. The van der Waals surface area contributed by atoms with E-state index in [2.05, 4.69) is 22.8 Å². The van der Waals surface area contributed by atoms with Crippen LogP contribution in [0.3, 0.4) is 0 Å². The van der Waals surface area contributed by atoms with Crippen LogP contribution in [-0.2, 0) is 14.3 Å². The van der Waals surface area contributed by atoms with Crippen molar-refractivity contribution in [1.29, 1.82) is 0 Å².